The van der Waals surface area contributed by atoms with Gasteiger partial charge in [-0.15, -0.1) is 0 Å². The van der Waals surface area contributed by atoms with Gasteiger partial charge in [-0.25, -0.2) is 12.8 Å². The molecule has 0 radical (unpaired) electrons. The van der Waals surface area contributed by atoms with E-state index in [2.05, 4.69) is 21.2 Å². The minimum absolute atomic E-state index is 0.205. The maximum atomic E-state index is 13.6. The van der Waals surface area contributed by atoms with Crippen LogP contribution in [0.4, 0.5) is 10.1 Å². The van der Waals surface area contributed by atoms with Gasteiger partial charge in [0.1, 0.15) is 17.2 Å². The van der Waals surface area contributed by atoms with Crippen LogP contribution in [0.2, 0.25) is 0 Å². The molecule has 0 unspecified atom stereocenters. The van der Waals surface area contributed by atoms with Crippen molar-refractivity contribution in [1.29, 1.82) is 0 Å². The maximum Gasteiger partial charge on any atom is 0.255 e. The van der Waals surface area contributed by atoms with Crippen LogP contribution in [0, 0.1) is 5.82 Å². The Morgan fingerprint density at radius 3 is 2.49 bits per heavy atom. The molecule has 1 aliphatic rings. The summed E-state index contributed by atoms with van der Waals surface area (Å²) in [6.07, 6.45) is 3.62. The van der Waals surface area contributed by atoms with E-state index in [9.17, 15) is 17.6 Å². The fraction of sp³-hybridized carbons (Fsp3) is 0.250. The highest BCUT2D eigenvalue weighted by atomic mass is 79.9. The van der Waals surface area contributed by atoms with E-state index in [1.165, 1.54) is 22.7 Å². The lowest BCUT2D eigenvalue weighted by Crippen LogP contribution is -2.32. The van der Waals surface area contributed by atoms with Gasteiger partial charge in [-0.2, -0.15) is 0 Å². The number of carbonyl (C=O) groups is 1. The van der Waals surface area contributed by atoms with Gasteiger partial charge in [-0.3, -0.25) is 9.10 Å². The van der Waals surface area contributed by atoms with Gasteiger partial charge in [0.25, 0.3) is 5.91 Å². The van der Waals surface area contributed by atoms with Gasteiger partial charge < -0.3 is 9.73 Å². The smallest absolute Gasteiger partial charge is 0.255 e. The van der Waals surface area contributed by atoms with E-state index in [4.69, 9.17) is 4.42 Å². The number of sulfonamides is 1. The molecular weight excluding hydrogens is 559 g/mol. The summed E-state index contributed by atoms with van der Waals surface area (Å²) < 4.78 is 48.2. The summed E-state index contributed by atoms with van der Waals surface area (Å²) in [5.74, 6) is -0.208. The van der Waals surface area contributed by atoms with Gasteiger partial charge >= 0.3 is 0 Å². The number of nitrogens with one attached hydrogen (secondary N) is 1. The number of benzene rings is 3. The first-order chi connectivity index (χ1) is 17.7. The summed E-state index contributed by atoms with van der Waals surface area (Å²) in [6, 6.07) is 17.1. The summed E-state index contributed by atoms with van der Waals surface area (Å²) in [4.78, 5) is 13.0. The Morgan fingerprint density at radius 1 is 1.14 bits per heavy atom. The maximum absolute atomic E-state index is 13.6. The van der Waals surface area contributed by atoms with Crippen molar-refractivity contribution in [3.8, 4) is 11.3 Å². The highest BCUT2D eigenvalue weighted by molar-refractivity contribution is 9.10. The molecule has 37 heavy (non-hydrogen) atoms. The Labute approximate surface area is 223 Å². The summed E-state index contributed by atoms with van der Waals surface area (Å²) in [6.45, 7) is 0.258. The molecule has 0 atom stereocenters. The van der Waals surface area contributed by atoms with Crippen LogP contribution in [0.1, 0.15) is 40.2 Å². The van der Waals surface area contributed by atoms with Gasteiger partial charge in [-0.05, 0) is 78.8 Å². The Hall–Kier alpha value is -3.17. The minimum Gasteiger partial charge on any atom is -0.455 e. The predicted octanol–water partition coefficient (Wildman–Crippen LogP) is 6.25. The predicted molar refractivity (Wildman–Crippen MR) is 147 cm³/mol. The molecule has 1 aromatic heterocycles. The van der Waals surface area contributed by atoms with E-state index in [-0.39, 0.29) is 18.4 Å². The van der Waals surface area contributed by atoms with Crippen LogP contribution in [0.25, 0.3) is 22.3 Å². The lowest BCUT2D eigenvalue weighted by atomic mass is 10.00. The number of hydrogen-bond acceptors (Lipinski definition) is 4. The first-order valence-corrected chi connectivity index (χ1v) is 14.6. The molecule has 5 rings (SSSR count). The van der Waals surface area contributed by atoms with E-state index < -0.39 is 15.8 Å². The van der Waals surface area contributed by atoms with Gasteiger partial charge in [0, 0.05) is 35.1 Å². The monoisotopic (exact) mass is 584 g/mol. The molecule has 0 bridgehead atoms. The van der Waals surface area contributed by atoms with Gasteiger partial charge in [-0.1, -0.05) is 28.1 Å². The summed E-state index contributed by atoms with van der Waals surface area (Å²) >= 11 is 3.47. The molecule has 1 amide bonds. The molecule has 4 aromatic rings. The van der Waals surface area contributed by atoms with Gasteiger partial charge in [0.05, 0.1) is 17.5 Å². The lowest BCUT2D eigenvalue weighted by Gasteiger charge is -2.25. The number of carbonyl (C=O) groups excluding carboxylic acids is 1. The van der Waals surface area contributed by atoms with Crippen molar-refractivity contribution >= 4 is 48.5 Å². The van der Waals surface area contributed by atoms with Crippen LogP contribution < -0.4 is 9.62 Å². The zero-order valence-corrected chi connectivity index (χ0v) is 22.8. The van der Waals surface area contributed by atoms with E-state index in [0.717, 1.165) is 28.4 Å². The SMILES string of the molecule is CNC(=O)c1c(-c2ccc(F)cc2)oc2cc(N(CCc3cccc(Br)c3)S(C)(=O)=O)c(C3CC3)cc12. The quantitative estimate of drug-likeness (QED) is 0.265. The first-order valence-electron chi connectivity index (χ1n) is 12.0. The number of amides is 1. The number of anilines is 1. The molecule has 3 aromatic carbocycles. The molecule has 1 heterocycles. The Balaban J connectivity index is 1.66. The summed E-state index contributed by atoms with van der Waals surface area (Å²) in [5, 5.41) is 3.27. The molecule has 1 N–H and O–H groups in total. The van der Waals surface area contributed by atoms with Crippen LogP contribution in [-0.4, -0.2) is 34.2 Å². The van der Waals surface area contributed by atoms with Gasteiger partial charge in [0.2, 0.25) is 10.0 Å². The molecule has 0 aliphatic heterocycles. The topological polar surface area (TPSA) is 79.6 Å². The molecule has 0 saturated heterocycles. The third-order valence-electron chi connectivity index (χ3n) is 6.58. The normalized spacial score (nSPS) is 13.6. The third-order valence-corrected chi connectivity index (χ3v) is 8.25. The second-order valence-electron chi connectivity index (χ2n) is 9.29. The van der Waals surface area contributed by atoms with Crippen LogP contribution in [0.5, 0.6) is 0 Å². The Morgan fingerprint density at radius 2 is 1.86 bits per heavy atom. The number of nitrogens with zero attached hydrogens (tertiary/aromatic N) is 1. The molecule has 9 heteroatoms. The largest absolute Gasteiger partial charge is 0.455 e. The van der Waals surface area contributed by atoms with Crippen molar-refractivity contribution < 1.29 is 22.0 Å². The molecule has 1 fully saturated rings. The molecule has 6 nitrogen and oxygen atoms in total. The average Bonchev–Trinajstić information content (AvgIpc) is 3.63. The minimum atomic E-state index is -3.62. The van der Waals surface area contributed by atoms with Crippen molar-refractivity contribution in [3.63, 3.8) is 0 Å². The van der Waals surface area contributed by atoms with Crippen molar-refractivity contribution in [1.82, 2.24) is 5.32 Å². The van der Waals surface area contributed by atoms with Crippen LogP contribution in [0.3, 0.4) is 0 Å². The van der Waals surface area contributed by atoms with Crippen molar-refractivity contribution in [3.05, 3.63) is 87.6 Å². The highest BCUT2D eigenvalue weighted by Gasteiger charge is 2.33. The lowest BCUT2D eigenvalue weighted by molar-refractivity contribution is 0.0964. The first kappa shape index (κ1) is 25.5. The standard InChI is InChI=1S/C28H26BrFN2O4S/c1-31-28(33)26-23-15-22(18-6-7-18)24(16-25(23)36-27(26)19-8-10-21(30)11-9-19)32(37(2,34)35)13-12-17-4-3-5-20(29)14-17/h3-5,8-11,14-16,18H,6-7,12-13H2,1-2H3,(H,31,33). The van der Waals surface area contributed by atoms with E-state index in [0.29, 0.717) is 40.0 Å². The number of fused-ring (bicyclic) bond motifs is 1. The molecule has 1 saturated carbocycles. The zero-order chi connectivity index (χ0) is 26.3. The summed E-state index contributed by atoms with van der Waals surface area (Å²) in [7, 11) is -2.08. The van der Waals surface area contributed by atoms with E-state index in [1.807, 2.05) is 30.3 Å². The Kier molecular flexibility index (Phi) is 6.85. The Bertz CT molecular complexity index is 1590. The van der Waals surface area contributed by atoms with Crippen molar-refractivity contribution in [2.45, 2.75) is 25.2 Å². The molecule has 192 valence electrons. The molecular formula is C28H26BrFN2O4S. The van der Waals surface area contributed by atoms with Crippen LogP contribution >= 0.6 is 15.9 Å². The molecule has 0 spiro atoms. The van der Waals surface area contributed by atoms with E-state index in [1.54, 1.807) is 25.2 Å². The van der Waals surface area contributed by atoms with Crippen LogP contribution in [-0.2, 0) is 16.4 Å². The summed E-state index contributed by atoms with van der Waals surface area (Å²) in [5.41, 5.74) is 3.75. The zero-order valence-electron chi connectivity index (χ0n) is 20.4. The number of rotatable bonds is 8. The number of halogens is 2. The average molecular weight is 585 g/mol. The second kappa shape index (κ2) is 9.95. The second-order valence-corrected chi connectivity index (χ2v) is 12.1. The van der Waals surface area contributed by atoms with E-state index >= 15 is 0 Å². The molecule has 1 aliphatic carbocycles. The third kappa shape index (κ3) is 5.29. The van der Waals surface area contributed by atoms with Gasteiger partial charge in [0.15, 0.2) is 0 Å². The fourth-order valence-corrected chi connectivity index (χ4v) is 6.01. The van der Waals surface area contributed by atoms with Crippen LogP contribution in [0.15, 0.2) is 69.6 Å². The highest BCUT2D eigenvalue weighted by Crippen LogP contribution is 2.48. The van der Waals surface area contributed by atoms with Crippen molar-refractivity contribution in [2.24, 2.45) is 0 Å². The van der Waals surface area contributed by atoms with Crippen molar-refractivity contribution in [2.75, 3.05) is 24.2 Å². The number of hydrogen-bond donors (Lipinski definition) is 1. The number of furan rings is 1. The fourth-order valence-electron chi connectivity index (χ4n) is 4.63.